The van der Waals surface area contributed by atoms with Crippen LogP contribution in [0, 0.1) is 3.57 Å². The van der Waals surface area contributed by atoms with Gasteiger partial charge >= 0.3 is 0 Å². The Hall–Kier alpha value is -1.48. The quantitative estimate of drug-likeness (QED) is 0.625. The number of nitrogens with one attached hydrogen (secondary N) is 1. The lowest BCUT2D eigenvalue weighted by molar-refractivity contribution is 0.353. The van der Waals surface area contributed by atoms with Gasteiger partial charge in [-0.05, 0) is 40.6 Å². The molecule has 5 N–H and O–H groups in total. The third-order valence-electron chi connectivity index (χ3n) is 3.69. The molecule has 1 aromatic carbocycles. The molecule has 1 heterocycles. The average Bonchev–Trinajstić information content (AvgIpc) is 2.50. The molecule has 1 unspecified atom stereocenters. The summed E-state index contributed by atoms with van der Waals surface area (Å²) < 4.78 is 12.4. The van der Waals surface area contributed by atoms with E-state index in [2.05, 4.69) is 46.7 Å². The van der Waals surface area contributed by atoms with E-state index in [9.17, 15) is 0 Å². The van der Waals surface area contributed by atoms with Gasteiger partial charge in [0.05, 0.1) is 10.7 Å². The molecule has 0 aliphatic carbocycles. The van der Waals surface area contributed by atoms with E-state index in [0.29, 0.717) is 12.2 Å². The van der Waals surface area contributed by atoms with E-state index in [1.54, 1.807) is 13.3 Å². The van der Waals surface area contributed by atoms with Crippen molar-refractivity contribution in [1.29, 1.82) is 0 Å². The zero-order chi connectivity index (χ0) is 17.2. The molecule has 0 saturated carbocycles. The predicted molar refractivity (Wildman–Crippen MR) is 100 cm³/mol. The van der Waals surface area contributed by atoms with Crippen molar-refractivity contribution in [2.45, 2.75) is 38.9 Å². The number of halogens is 1. The van der Waals surface area contributed by atoms with Crippen molar-refractivity contribution < 1.29 is 9.47 Å². The number of aliphatic imine (C=N–C) groups is 1. The van der Waals surface area contributed by atoms with E-state index in [1.165, 1.54) is 0 Å². The topological polar surface area (TPSA) is 94.9 Å². The van der Waals surface area contributed by atoms with Crippen molar-refractivity contribution in [3.05, 3.63) is 33.2 Å². The maximum absolute atomic E-state index is 6.05. The Morgan fingerprint density at radius 1 is 1.35 bits per heavy atom. The lowest BCUT2D eigenvalue weighted by atomic mass is 10.0. The Balaban J connectivity index is 2.34. The Morgan fingerprint density at radius 3 is 2.57 bits per heavy atom. The number of nitrogens with zero attached hydrogens (tertiary/aromatic N) is 1. The van der Waals surface area contributed by atoms with Gasteiger partial charge in [0.2, 0.25) is 0 Å². The van der Waals surface area contributed by atoms with Gasteiger partial charge in [-0.15, -0.1) is 0 Å². The van der Waals surface area contributed by atoms with Crippen molar-refractivity contribution in [2.75, 3.05) is 7.11 Å². The molecule has 1 aliphatic rings. The summed E-state index contributed by atoms with van der Waals surface area (Å²) in [4.78, 5) is 4.28. The van der Waals surface area contributed by atoms with Crippen molar-refractivity contribution in [2.24, 2.45) is 16.5 Å². The molecule has 126 valence electrons. The normalized spacial score (nSPS) is 20.7. The van der Waals surface area contributed by atoms with Crippen molar-refractivity contribution in [3.8, 4) is 11.5 Å². The van der Waals surface area contributed by atoms with Crippen LogP contribution in [0.4, 0.5) is 0 Å². The summed E-state index contributed by atoms with van der Waals surface area (Å²) in [6.07, 6.45) is 2.29. The maximum Gasteiger partial charge on any atom is 0.184 e. The molecule has 0 fully saturated rings. The van der Waals surface area contributed by atoms with Gasteiger partial charge in [-0.3, -0.25) is 5.73 Å². The van der Waals surface area contributed by atoms with Gasteiger partial charge in [0.15, 0.2) is 17.4 Å². The molecule has 23 heavy (non-hydrogen) atoms. The minimum absolute atomic E-state index is 0.274. The SMILES string of the molecule is CCC1(N)N=C(N)C(Oc2cc(I)c(OC)cc2C(C)C)=CN1. The maximum atomic E-state index is 6.05. The molecule has 7 heteroatoms. The molecule has 1 aromatic rings. The van der Waals surface area contributed by atoms with Gasteiger partial charge < -0.3 is 20.5 Å². The standard InChI is InChI=1S/C16H23IN4O2/c1-5-16(19)20-8-14(15(18)21-16)23-12-7-11(17)13(22-4)6-10(12)9(2)3/h6-9,20H,5,19H2,1-4H3,(H2,18,21). The lowest BCUT2D eigenvalue weighted by Gasteiger charge is -2.29. The van der Waals surface area contributed by atoms with Crippen molar-refractivity contribution in [1.82, 2.24) is 5.32 Å². The molecule has 1 aliphatic heterocycles. The van der Waals surface area contributed by atoms with E-state index in [1.807, 2.05) is 19.1 Å². The second kappa shape index (κ2) is 6.96. The fourth-order valence-corrected chi connectivity index (χ4v) is 2.85. The molecule has 0 amide bonds. The van der Waals surface area contributed by atoms with E-state index < -0.39 is 5.79 Å². The highest BCUT2D eigenvalue weighted by atomic mass is 127. The van der Waals surface area contributed by atoms with E-state index in [-0.39, 0.29) is 11.8 Å². The van der Waals surface area contributed by atoms with E-state index >= 15 is 0 Å². The zero-order valence-corrected chi connectivity index (χ0v) is 16.0. The van der Waals surface area contributed by atoms with Crippen LogP contribution >= 0.6 is 22.6 Å². The summed E-state index contributed by atoms with van der Waals surface area (Å²) in [7, 11) is 1.66. The first-order valence-electron chi connectivity index (χ1n) is 7.47. The third-order valence-corrected chi connectivity index (χ3v) is 4.53. The van der Waals surface area contributed by atoms with Crippen molar-refractivity contribution >= 4 is 28.4 Å². The number of ether oxygens (including phenoxy) is 2. The number of rotatable bonds is 5. The van der Waals surface area contributed by atoms with Crippen LogP contribution in [-0.4, -0.2) is 18.7 Å². The van der Waals surface area contributed by atoms with Gasteiger partial charge in [-0.1, -0.05) is 20.8 Å². The number of hydrogen-bond acceptors (Lipinski definition) is 6. The van der Waals surface area contributed by atoms with E-state index in [4.69, 9.17) is 20.9 Å². The first-order valence-corrected chi connectivity index (χ1v) is 8.55. The summed E-state index contributed by atoms with van der Waals surface area (Å²) in [5, 5.41) is 3.03. The Labute approximate surface area is 150 Å². The molecule has 0 radical (unpaired) electrons. The van der Waals surface area contributed by atoms with Crippen LogP contribution in [0.25, 0.3) is 0 Å². The van der Waals surface area contributed by atoms with Gasteiger partial charge in [-0.2, -0.15) is 0 Å². The number of hydrogen-bond donors (Lipinski definition) is 3. The molecule has 0 bridgehead atoms. The second-order valence-corrected chi connectivity index (χ2v) is 6.87. The molecule has 0 aromatic heterocycles. The highest BCUT2D eigenvalue weighted by molar-refractivity contribution is 14.1. The minimum Gasteiger partial charge on any atom is -0.496 e. The Bertz CT molecular complexity index is 658. The Morgan fingerprint density at radius 2 is 2.04 bits per heavy atom. The summed E-state index contributed by atoms with van der Waals surface area (Å²) in [5.41, 5.74) is 13.1. The van der Waals surface area contributed by atoms with Crippen LogP contribution in [-0.2, 0) is 0 Å². The molecular formula is C16H23IN4O2. The van der Waals surface area contributed by atoms with E-state index in [0.717, 1.165) is 20.6 Å². The molecular weight excluding hydrogens is 407 g/mol. The smallest absolute Gasteiger partial charge is 0.184 e. The van der Waals surface area contributed by atoms with Crippen LogP contribution in [0.2, 0.25) is 0 Å². The predicted octanol–water partition coefficient (Wildman–Crippen LogP) is 2.63. The first kappa shape index (κ1) is 17.9. The van der Waals surface area contributed by atoms with Gasteiger partial charge in [0, 0.05) is 18.2 Å². The summed E-state index contributed by atoms with van der Waals surface area (Å²) in [6, 6.07) is 3.93. The lowest BCUT2D eigenvalue weighted by Crippen LogP contribution is -2.53. The second-order valence-electron chi connectivity index (χ2n) is 5.71. The molecule has 1 atom stereocenters. The zero-order valence-electron chi connectivity index (χ0n) is 13.8. The summed E-state index contributed by atoms with van der Waals surface area (Å²) in [6.45, 7) is 6.13. The van der Waals surface area contributed by atoms with Gasteiger partial charge in [-0.25, -0.2) is 4.99 Å². The molecule has 0 spiro atoms. The van der Waals surface area contributed by atoms with Crippen LogP contribution < -0.4 is 26.3 Å². The van der Waals surface area contributed by atoms with Gasteiger partial charge in [0.25, 0.3) is 0 Å². The average molecular weight is 430 g/mol. The molecule has 6 nitrogen and oxygen atoms in total. The number of benzene rings is 1. The fraction of sp³-hybridized carbons (Fsp3) is 0.438. The third kappa shape index (κ3) is 3.89. The summed E-state index contributed by atoms with van der Waals surface area (Å²) >= 11 is 2.22. The number of amidine groups is 1. The van der Waals surface area contributed by atoms with Crippen LogP contribution in [0.3, 0.4) is 0 Å². The molecule has 2 rings (SSSR count). The number of methoxy groups -OCH3 is 1. The van der Waals surface area contributed by atoms with Gasteiger partial charge in [0.1, 0.15) is 11.5 Å². The molecule has 0 saturated heterocycles. The monoisotopic (exact) mass is 430 g/mol. The summed E-state index contributed by atoms with van der Waals surface area (Å²) in [5.74, 6) is 1.71. The van der Waals surface area contributed by atoms with Crippen molar-refractivity contribution in [3.63, 3.8) is 0 Å². The van der Waals surface area contributed by atoms with Crippen LogP contribution in [0.1, 0.15) is 38.7 Å². The highest BCUT2D eigenvalue weighted by Gasteiger charge is 2.26. The van der Waals surface area contributed by atoms with Crippen LogP contribution in [0.5, 0.6) is 11.5 Å². The van der Waals surface area contributed by atoms with Crippen LogP contribution in [0.15, 0.2) is 29.1 Å². The number of nitrogens with two attached hydrogens (primary N) is 2. The largest absolute Gasteiger partial charge is 0.496 e. The first-order chi connectivity index (χ1) is 10.8. The fourth-order valence-electron chi connectivity index (χ4n) is 2.19. The Kier molecular flexibility index (Phi) is 5.41. The minimum atomic E-state index is -0.869. The highest BCUT2D eigenvalue weighted by Crippen LogP contribution is 2.35.